The fourth-order valence-corrected chi connectivity index (χ4v) is 2.64. The van der Waals surface area contributed by atoms with E-state index in [1.165, 1.54) is 6.07 Å². The van der Waals surface area contributed by atoms with E-state index in [-0.39, 0.29) is 6.54 Å². The Hall–Kier alpha value is -1.60. The van der Waals surface area contributed by atoms with Crippen LogP contribution in [0.15, 0.2) is 24.3 Å². The van der Waals surface area contributed by atoms with Gasteiger partial charge in [-0.1, -0.05) is 18.2 Å². The van der Waals surface area contributed by atoms with Crippen LogP contribution in [0.4, 0.5) is 13.2 Å². The van der Waals surface area contributed by atoms with Crippen molar-refractivity contribution in [1.82, 2.24) is 10.2 Å². The first kappa shape index (κ1) is 16.8. The molecule has 1 amide bonds. The monoisotopic (exact) mass is 316 g/mol. The Labute approximate surface area is 126 Å². The maximum Gasteiger partial charge on any atom is 0.416 e. The van der Waals surface area contributed by atoms with E-state index < -0.39 is 17.3 Å². The Morgan fingerprint density at radius 2 is 2.00 bits per heavy atom. The zero-order valence-corrected chi connectivity index (χ0v) is 12.1. The van der Waals surface area contributed by atoms with Crippen LogP contribution in [0.2, 0.25) is 0 Å². The molecule has 0 aliphatic carbocycles. The number of alkyl halides is 3. The molecule has 2 N–H and O–H groups in total. The molecule has 0 aromatic heterocycles. The predicted molar refractivity (Wildman–Crippen MR) is 75.0 cm³/mol. The SMILES string of the molecule is O=CNCC1(O)CCN(Cc2cccc(C(F)(F)F)c2)CC1. The van der Waals surface area contributed by atoms with E-state index in [0.717, 1.165) is 12.1 Å². The summed E-state index contributed by atoms with van der Waals surface area (Å²) in [5.74, 6) is 0. The van der Waals surface area contributed by atoms with Crippen molar-refractivity contribution in [3.05, 3.63) is 35.4 Å². The third-order valence-corrected chi connectivity index (χ3v) is 3.96. The van der Waals surface area contributed by atoms with Gasteiger partial charge in [0.15, 0.2) is 0 Å². The molecule has 0 unspecified atom stereocenters. The molecule has 0 spiro atoms. The summed E-state index contributed by atoms with van der Waals surface area (Å²) in [4.78, 5) is 12.3. The van der Waals surface area contributed by atoms with Crippen LogP contribution in [0.3, 0.4) is 0 Å². The summed E-state index contributed by atoms with van der Waals surface area (Å²) in [7, 11) is 0. The van der Waals surface area contributed by atoms with Gasteiger partial charge in [-0.05, 0) is 24.5 Å². The van der Waals surface area contributed by atoms with Gasteiger partial charge in [-0.3, -0.25) is 9.69 Å². The summed E-state index contributed by atoms with van der Waals surface area (Å²) >= 11 is 0. The van der Waals surface area contributed by atoms with Gasteiger partial charge in [0.1, 0.15) is 0 Å². The highest BCUT2D eigenvalue weighted by molar-refractivity contribution is 5.46. The van der Waals surface area contributed by atoms with Crippen molar-refractivity contribution in [2.45, 2.75) is 31.2 Å². The largest absolute Gasteiger partial charge is 0.416 e. The third-order valence-electron chi connectivity index (χ3n) is 3.96. The van der Waals surface area contributed by atoms with E-state index in [1.54, 1.807) is 6.07 Å². The number of likely N-dealkylation sites (tertiary alicyclic amines) is 1. The molecule has 1 heterocycles. The van der Waals surface area contributed by atoms with Crippen molar-refractivity contribution >= 4 is 6.41 Å². The summed E-state index contributed by atoms with van der Waals surface area (Å²) in [6, 6.07) is 5.30. The minimum atomic E-state index is -4.33. The molecule has 0 saturated carbocycles. The first-order valence-electron chi connectivity index (χ1n) is 7.10. The first-order valence-corrected chi connectivity index (χ1v) is 7.10. The van der Waals surface area contributed by atoms with Crippen LogP contribution in [0, 0.1) is 0 Å². The lowest BCUT2D eigenvalue weighted by Gasteiger charge is -2.38. The van der Waals surface area contributed by atoms with Gasteiger partial charge >= 0.3 is 6.18 Å². The Bertz CT molecular complexity index is 512. The number of carbonyl (C=O) groups is 1. The topological polar surface area (TPSA) is 52.6 Å². The summed E-state index contributed by atoms with van der Waals surface area (Å²) in [5, 5.41) is 12.7. The Kier molecular flexibility index (Phi) is 5.08. The minimum Gasteiger partial charge on any atom is -0.388 e. The molecule has 7 heteroatoms. The van der Waals surface area contributed by atoms with Gasteiger partial charge in [-0.15, -0.1) is 0 Å². The van der Waals surface area contributed by atoms with Crippen LogP contribution in [0.1, 0.15) is 24.0 Å². The molecule has 0 bridgehead atoms. The number of halogens is 3. The molecule has 0 radical (unpaired) electrons. The van der Waals surface area contributed by atoms with Crippen molar-refractivity contribution in [2.24, 2.45) is 0 Å². The van der Waals surface area contributed by atoms with Crippen molar-refractivity contribution < 1.29 is 23.1 Å². The lowest BCUT2D eigenvalue weighted by Crippen LogP contribution is -2.49. The van der Waals surface area contributed by atoms with Crippen molar-refractivity contribution in [2.75, 3.05) is 19.6 Å². The molecule has 22 heavy (non-hydrogen) atoms. The molecule has 1 aromatic carbocycles. The van der Waals surface area contributed by atoms with Crippen LogP contribution >= 0.6 is 0 Å². The van der Waals surface area contributed by atoms with Crippen LogP contribution in [-0.4, -0.2) is 41.7 Å². The van der Waals surface area contributed by atoms with E-state index in [0.29, 0.717) is 44.4 Å². The summed E-state index contributed by atoms with van der Waals surface area (Å²) in [5.41, 5.74) is -0.967. The number of nitrogens with one attached hydrogen (secondary N) is 1. The summed E-state index contributed by atoms with van der Waals surface area (Å²) in [6.07, 6.45) is -2.83. The third kappa shape index (κ3) is 4.45. The highest BCUT2D eigenvalue weighted by Gasteiger charge is 2.33. The van der Waals surface area contributed by atoms with E-state index in [1.807, 2.05) is 4.90 Å². The summed E-state index contributed by atoms with van der Waals surface area (Å²) < 4.78 is 38.1. The zero-order chi connectivity index (χ0) is 16.2. The molecule has 1 saturated heterocycles. The molecule has 1 fully saturated rings. The number of carbonyl (C=O) groups excluding carboxylic acids is 1. The fourth-order valence-electron chi connectivity index (χ4n) is 2.64. The van der Waals surface area contributed by atoms with E-state index >= 15 is 0 Å². The first-order chi connectivity index (χ1) is 10.3. The smallest absolute Gasteiger partial charge is 0.388 e. The maximum absolute atomic E-state index is 12.7. The maximum atomic E-state index is 12.7. The standard InChI is InChI=1S/C15H19F3N2O2/c16-15(17,18)13-3-1-2-12(8-13)9-20-6-4-14(22,5-7-20)10-19-11-21/h1-3,8,11,22H,4-7,9-10H2,(H,19,21). The van der Waals surface area contributed by atoms with Crippen LogP contribution < -0.4 is 5.32 Å². The minimum absolute atomic E-state index is 0.202. The number of hydrogen-bond donors (Lipinski definition) is 2. The molecule has 0 atom stereocenters. The van der Waals surface area contributed by atoms with Gasteiger partial charge in [-0.25, -0.2) is 0 Å². The molecule has 122 valence electrons. The predicted octanol–water partition coefficient (Wildman–Crippen LogP) is 1.78. The summed E-state index contributed by atoms with van der Waals surface area (Å²) in [6.45, 7) is 1.77. The lowest BCUT2D eigenvalue weighted by atomic mass is 9.91. The average molecular weight is 316 g/mol. The average Bonchev–Trinajstić information content (AvgIpc) is 2.47. The molecule has 1 aliphatic rings. The van der Waals surface area contributed by atoms with Gasteiger partial charge in [0.05, 0.1) is 11.2 Å². The molecule has 4 nitrogen and oxygen atoms in total. The number of nitrogens with zero attached hydrogens (tertiary/aromatic N) is 1. The van der Waals surface area contributed by atoms with Gasteiger partial charge in [0.25, 0.3) is 0 Å². The number of amides is 1. The van der Waals surface area contributed by atoms with Crippen molar-refractivity contribution in [3.63, 3.8) is 0 Å². The van der Waals surface area contributed by atoms with E-state index in [2.05, 4.69) is 5.32 Å². The number of benzene rings is 1. The number of piperidine rings is 1. The van der Waals surface area contributed by atoms with Crippen molar-refractivity contribution in [3.8, 4) is 0 Å². The van der Waals surface area contributed by atoms with Crippen LogP contribution in [-0.2, 0) is 17.5 Å². The molecule has 1 aromatic rings. The second kappa shape index (κ2) is 6.66. The van der Waals surface area contributed by atoms with E-state index in [9.17, 15) is 23.1 Å². The highest BCUT2D eigenvalue weighted by Crippen LogP contribution is 2.30. The lowest BCUT2D eigenvalue weighted by molar-refractivity contribution is -0.137. The highest BCUT2D eigenvalue weighted by atomic mass is 19.4. The van der Waals surface area contributed by atoms with Crippen LogP contribution in [0.5, 0.6) is 0 Å². The Morgan fingerprint density at radius 1 is 1.32 bits per heavy atom. The number of hydrogen-bond acceptors (Lipinski definition) is 3. The zero-order valence-electron chi connectivity index (χ0n) is 12.1. The van der Waals surface area contributed by atoms with Gasteiger partial charge in [0, 0.05) is 26.2 Å². The Morgan fingerprint density at radius 3 is 2.59 bits per heavy atom. The second-order valence-electron chi connectivity index (χ2n) is 5.70. The normalized spacial score (nSPS) is 18.9. The second-order valence-corrected chi connectivity index (χ2v) is 5.70. The quantitative estimate of drug-likeness (QED) is 0.814. The van der Waals surface area contributed by atoms with Gasteiger partial charge < -0.3 is 10.4 Å². The number of aliphatic hydroxyl groups is 1. The van der Waals surface area contributed by atoms with Crippen molar-refractivity contribution in [1.29, 1.82) is 0 Å². The van der Waals surface area contributed by atoms with Gasteiger partial charge in [-0.2, -0.15) is 13.2 Å². The van der Waals surface area contributed by atoms with Crippen LogP contribution in [0.25, 0.3) is 0 Å². The molecular formula is C15H19F3N2O2. The molecule has 2 rings (SSSR count). The fraction of sp³-hybridized carbons (Fsp3) is 0.533. The molecular weight excluding hydrogens is 297 g/mol. The van der Waals surface area contributed by atoms with E-state index in [4.69, 9.17) is 0 Å². The van der Waals surface area contributed by atoms with Gasteiger partial charge in [0.2, 0.25) is 6.41 Å². The Balaban J connectivity index is 1.92. The number of rotatable bonds is 5. The molecule has 1 aliphatic heterocycles.